The Morgan fingerprint density at radius 3 is 2.23 bits per heavy atom. The van der Waals surface area contributed by atoms with Crippen LogP contribution in [0.5, 0.6) is 0 Å². The topological polar surface area (TPSA) is 37.3 Å². The van der Waals surface area contributed by atoms with Crippen LogP contribution in [0.4, 0.5) is 8.78 Å². The molecule has 1 aliphatic carbocycles. The van der Waals surface area contributed by atoms with Gasteiger partial charge in [0.05, 0.1) is 6.42 Å². The Morgan fingerprint density at radius 2 is 1.85 bits per heavy atom. The van der Waals surface area contributed by atoms with Crippen LogP contribution in [-0.2, 0) is 4.79 Å². The summed E-state index contributed by atoms with van der Waals surface area (Å²) in [6, 6.07) is 0. The average Bonchev–Trinajstić information content (AvgIpc) is 2.04. The third kappa shape index (κ3) is 2.39. The van der Waals surface area contributed by atoms with Crippen LogP contribution in [0.25, 0.3) is 0 Å². The van der Waals surface area contributed by atoms with Crippen LogP contribution >= 0.6 is 0 Å². The molecule has 4 heteroatoms. The van der Waals surface area contributed by atoms with Crippen molar-refractivity contribution in [3.05, 3.63) is 0 Å². The number of aliphatic carboxylic acids is 1. The van der Waals surface area contributed by atoms with Gasteiger partial charge in [0.1, 0.15) is 0 Å². The summed E-state index contributed by atoms with van der Waals surface area (Å²) in [6.45, 7) is 0. The molecule has 0 aromatic carbocycles. The van der Waals surface area contributed by atoms with E-state index in [1.165, 1.54) is 0 Å². The van der Waals surface area contributed by atoms with E-state index >= 15 is 0 Å². The van der Waals surface area contributed by atoms with Gasteiger partial charge >= 0.3 is 5.97 Å². The Hall–Kier alpha value is -0.670. The van der Waals surface area contributed by atoms with E-state index in [1.807, 2.05) is 0 Å². The number of carboxylic acid groups (broad SMARTS) is 1. The van der Waals surface area contributed by atoms with E-state index in [-0.39, 0.29) is 6.42 Å². The van der Waals surface area contributed by atoms with Crippen LogP contribution in [0.2, 0.25) is 0 Å². The van der Waals surface area contributed by atoms with Crippen molar-refractivity contribution < 1.29 is 18.7 Å². The van der Waals surface area contributed by atoms with Crippen LogP contribution in [0, 0.1) is 5.41 Å². The van der Waals surface area contributed by atoms with Crippen LogP contribution < -0.4 is 0 Å². The van der Waals surface area contributed by atoms with Gasteiger partial charge in [-0.05, 0) is 12.8 Å². The molecule has 0 radical (unpaired) electrons. The second-order valence-electron chi connectivity index (χ2n) is 3.79. The number of rotatable bonds is 3. The minimum absolute atomic E-state index is 0.358. The first-order valence-corrected chi connectivity index (χ1v) is 4.57. The van der Waals surface area contributed by atoms with Gasteiger partial charge in [-0.15, -0.1) is 0 Å². The van der Waals surface area contributed by atoms with Crippen molar-refractivity contribution in [3.63, 3.8) is 0 Å². The van der Waals surface area contributed by atoms with Gasteiger partial charge in [0.2, 0.25) is 6.43 Å². The molecule has 0 atom stereocenters. The number of carbonyl (C=O) groups is 1. The monoisotopic (exact) mass is 192 g/mol. The zero-order valence-electron chi connectivity index (χ0n) is 7.43. The summed E-state index contributed by atoms with van der Waals surface area (Å²) in [5.41, 5.74) is -1.23. The Morgan fingerprint density at radius 1 is 1.31 bits per heavy atom. The van der Waals surface area contributed by atoms with Crippen molar-refractivity contribution in [1.82, 2.24) is 0 Å². The Labute approximate surface area is 75.9 Å². The molecule has 1 fully saturated rings. The van der Waals surface area contributed by atoms with Gasteiger partial charge in [-0.25, -0.2) is 8.78 Å². The van der Waals surface area contributed by atoms with E-state index in [4.69, 9.17) is 5.11 Å². The lowest BCUT2D eigenvalue weighted by Crippen LogP contribution is -2.34. The van der Waals surface area contributed by atoms with Crippen molar-refractivity contribution >= 4 is 5.97 Å². The lowest BCUT2D eigenvalue weighted by molar-refractivity contribution is -0.145. The van der Waals surface area contributed by atoms with E-state index < -0.39 is 17.8 Å². The first-order valence-electron chi connectivity index (χ1n) is 4.57. The molecule has 1 N–H and O–H groups in total. The fraction of sp³-hybridized carbons (Fsp3) is 0.889. The molecule has 0 unspecified atom stereocenters. The van der Waals surface area contributed by atoms with E-state index in [0.717, 1.165) is 19.3 Å². The molecule has 0 aliphatic heterocycles. The number of carboxylic acids is 1. The predicted molar refractivity (Wildman–Crippen MR) is 43.8 cm³/mol. The van der Waals surface area contributed by atoms with E-state index in [1.54, 1.807) is 0 Å². The third-order valence-electron chi connectivity index (χ3n) is 2.82. The maximum Gasteiger partial charge on any atom is 0.304 e. The summed E-state index contributed by atoms with van der Waals surface area (Å²) in [4.78, 5) is 10.4. The highest BCUT2D eigenvalue weighted by Crippen LogP contribution is 2.44. The maximum absolute atomic E-state index is 12.7. The van der Waals surface area contributed by atoms with Crippen LogP contribution in [-0.4, -0.2) is 17.5 Å². The Bertz CT molecular complexity index is 186. The largest absolute Gasteiger partial charge is 0.481 e. The van der Waals surface area contributed by atoms with Gasteiger partial charge in [0, 0.05) is 5.41 Å². The summed E-state index contributed by atoms with van der Waals surface area (Å²) in [5, 5.41) is 8.55. The number of halogens is 2. The molecular formula is C9H14F2O2. The SMILES string of the molecule is O=C(O)CC1(C(F)F)CCCCC1. The molecule has 1 saturated carbocycles. The van der Waals surface area contributed by atoms with Crippen molar-refractivity contribution in [2.45, 2.75) is 45.0 Å². The molecule has 0 aromatic heterocycles. The summed E-state index contributed by atoms with van der Waals surface area (Å²) >= 11 is 0. The zero-order valence-corrected chi connectivity index (χ0v) is 7.43. The highest BCUT2D eigenvalue weighted by molar-refractivity contribution is 5.67. The molecule has 0 aromatic rings. The molecule has 0 heterocycles. The molecule has 0 spiro atoms. The lowest BCUT2D eigenvalue weighted by atomic mass is 9.72. The van der Waals surface area contributed by atoms with Gasteiger partial charge in [0.15, 0.2) is 0 Å². The van der Waals surface area contributed by atoms with Crippen molar-refractivity contribution in [1.29, 1.82) is 0 Å². The highest BCUT2D eigenvalue weighted by atomic mass is 19.3. The number of alkyl halides is 2. The Balaban J connectivity index is 2.67. The molecule has 2 nitrogen and oxygen atoms in total. The third-order valence-corrected chi connectivity index (χ3v) is 2.82. The average molecular weight is 192 g/mol. The summed E-state index contributed by atoms with van der Waals surface area (Å²) in [6.07, 6.45) is 0.256. The standard InChI is InChI=1S/C9H14F2O2/c10-8(11)9(6-7(12)13)4-2-1-3-5-9/h8H,1-6H2,(H,12,13). The molecule has 1 aliphatic rings. The summed E-state index contributed by atoms with van der Waals surface area (Å²) in [7, 11) is 0. The van der Waals surface area contributed by atoms with Gasteiger partial charge in [0.25, 0.3) is 0 Å². The minimum atomic E-state index is -2.50. The summed E-state index contributed by atoms with van der Waals surface area (Å²) < 4.78 is 25.3. The molecule has 0 saturated heterocycles. The molecule has 13 heavy (non-hydrogen) atoms. The lowest BCUT2D eigenvalue weighted by Gasteiger charge is -2.35. The second kappa shape index (κ2) is 4.03. The first kappa shape index (κ1) is 10.4. The minimum Gasteiger partial charge on any atom is -0.481 e. The molecule has 0 bridgehead atoms. The number of hydrogen-bond donors (Lipinski definition) is 1. The van der Waals surface area contributed by atoms with Crippen molar-refractivity contribution in [3.8, 4) is 0 Å². The van der Waals surface area contributed by atoms with Gasteiger partial charge in [-0.2, -0.15) is 0 Å². The van der Waals surface area contributed by atoms with E-state index in [9.17, 15) is 13.6 Å². The molecule has 76 valence electrons. The maximum atomic E-state index is 12.7. The van der Waals surface area contributed by atoms with Gasteiger partial charge in [-0.1, -0.05) is 19.3 Å². The van der Waals surface area contributed by atoms with Gasteiger partial charge in [-0.3, -0.25) is 4.79 Å². The smallest absolute Gasteiger partial charge is 0.304 e. The predicted octanol–water partition coefficient (Wildman–Crippen LogP) is 2.68. The van der Waals surface area contributed by atoms with Crippen LogP contribution in [0.3, 0.4) is 0 Å². The fourth-order valence-electron chi connectivity index (χ4n) is 2.03. The number of hydrogen-bond acceptors (Lipinski definition) is 1. The molecule has 1 rings (SSSR count). The first-order chi connectivity index (χ1) is 6.07. The Kier molecular flexibility index (Phi) is 3.22. The van der Waals surface area contributed by atoms with E-state index in [0.29, 0.717) is 12.8 Å². The summed E-state index contributed by atoms with van der Waals surface area (Å²) in [5.74, 6) is -1.11. The molecule has 0 amide bonds. The van der Waals surface area contributed by atoms with E-state index in [2.05, 4.69) is 0 Å². The van der Waals surface area contributed by atoms with Crippen molar-refractivity contribution in [2.75, 3.05) is 0 Å². The van der Waals surface area contributed by atoms with Crippen LogP contribution in [0.1, 0.15) is 38.5 Å². The quantitative estimate of drug-likeness (QED) is 0.746. The zero-order chi connectivity index (χ0) is 9.90. The highest BCUT2D eigenvalue weighted by Gasteiger charge is 2.42. The fourth-order valence-corrected chi connectivity index (χ4v) is 2.03. The van der Waals surface area contributed by atoms with Gasteiger partial charge < -0.3 is 5.11 Å². The van der Waals surface area contributed by atoms with Crippen LogP contribution in [0.15, 0.2) is 0 Å². The molecular weight excluding hydrogens is 178 g/mol. The van der Waals surface area contributed by atoms with Crippen molar-refractivity contribution in [2.24, 2.45) is 5.41 Å². The normalized spacial score (nSPS) is 21.8. The second-order valence-corrected chi connectivity index (χ2v) is 3.79.